The van der Waals surface area contributed by atoms with Crippen LogP contribution in [0.5, 0.6) is 0 Å². The summed E-state index contributed by atoms with van der Waals surface area (Å²) in [6.07, 6.45) is 2.91. The van der Waals surface area contributed by atoms with Gasteiger partial charge in [-0.05, 0) is 93.4 Å². The standard InChI is InChI=1S/C22H22I2N4O2/c23-14-8-4-12(5-9-14)18-16-2-1-3-17-19(13-6-10-15(24)11-7-13)26-21(30)28-22(16,17)27-20(29)25-18/h4-11,16-19H,1-3H2,(H2,25,27,29)(H2,26,28,30). The van der Waals surface area contributed by atoms with Crippen molar-refractivity contribution in [1.29, 1.82) is 0 Å². The summed E-state index contributed by atoms with van der Waals surface area (Å²) >= 11 is 4.57. The van der Waals surface area contributed by atoms with Gasteiger partial charge in [-0.1, -0.05) is 30.7 Å². The van der Waals surface area contributed by atoms with Gasteiger partial charge < -0.3 is 21.3 Å². The molecule has 3 fully saturated rings. The van der Waals surface area contributed by atoms with Crippen molar-refractivity contribution in [1.82, 2.24) is 21.3 Å². The van der Waals surface area contributed by atoms with E-state index in [-0.39, 0.29) is 36.0 Å². The Morgan fingerprint density at radius 3 is 1.50 bits per heavy atom. The van der Waals surface area contributed by atoms with Crippen molar-refractivity contribution in [3.63, 3.8) is 0 Å². The van der Waals surface area contributed by atoms with Gasteiger partial charge in [-0.3, -0.25) is 0 Å². The van der Waals surface area contributed by atoms with Crippen molar-refractivity contribution in [2.24, 2.45) is 11.8 Å². The smallest absolute Gasteiger partial charge is 0.317 e. The molecule has 0 radical (unpaired) electrons. The molecular weight excluding hydrogens is 606 g/mol. The number of urea groups is 2. The highest BCUT2D eigenvalue weighted by molar-refractivity contribution is 14.1. The second-order valence-corrected chi connectivity index (χ2v) is 10.8. The van der Waals surface area contributed by atoms with Crippen LogP contribution in [0, 0.1) is 19.0 Å². The van der Waals surface area contributed by atoms with Gasteiger partial charge >= 0.3 is 12.1 Å². The maximum atomic E-state index is 12.8. The first kappa shape index (κ1) is 20.3. The van der Waals surface area contributed by atoms with Gasteiger partial charge in [0.2, 0.25) is 0 Å². The Kier molecular flexibility index (Phi) is 5.32. The van der Waals surface area contributed by atoms with Crippen molar-refractivity contribution < 1.29 is 9.59 Å². The van der Waals surface area contributed by atoms with Crippen LogP contribution in [0.4, 0.5) is 9.59 Å². The first-order chi connectivity index (χ1) is 14.5. The summed E-state index contributed by atoms with van der Waals surface area (Å²) in [5, 5.41) is 12.6. The van der Waals surface area contributed by atoms with Crippen LogP contribution in [-0.4, -0.2) is 17.7 Å². The lowest BCUT2D eigenvalue weighted by Gasteiger charge is -2.59. The van der Waals surface area contributed by atoms with Crippen molar-refractivity contribution in [3.05, 3.63) is 66.8 Å². The average Bonchev–Trinajstić information content (AvgIpc) is 2.72. The zero-order valence-electron chi connectivity index (χ0n) is 16.1. The van der Waals surface area contributed by atoms with Crippen molar-refractivity contribution >= 4 is 57.2 Å². The molecule has 4 N–H and O–H groups in total. The molecule has 3 aliphatic rings. The highest BCUT2D eigenvalue weighted by Gasteiger charge is 2.60. The number of amides is 4. The molecule has 30 heavy (non-hydrogen) atoms. The number of hydrogen-bond acceptors (Lipinski definition) is 2. The van der Waals surface area contributed by atoms with Crippen LogP contribution in [0.3, 0.4) is 0 Å². The lowest BCUT2D eigenvalue weighted by atomic mass is 9.62. The number of benzene rings is 2. The van der Waals surface area contributed by atoms with E-state index >= 15 is 0 Å². The molecule has 2 aliphatic heterocycles. The number of carbonyl (C=O) groups excluding carboxylic acids is 2. The molecule has 1 spiro atoms. The predicted octanol–water partition coefficient (Wildman–Crippen LogP) is 4.42. The van der Waals surface area contributed by atoms with E-state index in [1.807, 2.05) is 0 Å². The Bertz CT molecular complexity index is 900. The molecular formula is C22H22I2N4O2. The van der Waals surface area contributed by atoms with E-state index in [0.29, 0.717) is 0 Å². The maximum Gasteiger partial charge on any atom is 0.317 e. The van der Waals surface area contributed by atoms with Crippen LogP contribution in [0.25, 0.3) is 0 Å². The third-order valence-electron chi connectivity index (χ3n) is 6.68. The second-order valence-electron chi connectivity index (χ2n) is 8.27. The Hall–Kier alpha value is -1.56. The van der Waals surface area contributed by atoms with Gasteiger partial charge in [-0.15, -0.1) is 0 Å². The summed E-state index contributed by atoms with van der Waals surface area (Å²) in [7, 11) is 0. The molecule has 2 aromatic carbocycles. The average molecular weight is 628 g/mol. The third-order valence-corrected chi connectivity index (χ3v) is 8.12. The van der Waals surface area contributed by atoms with E-state index in [0.717, 1.165) is 37.5 Å². The fraction of sp³-hybridized carbons (Fsp3) is 0.364. The molecule has 2 heterocycles. The first-order valence-electron chi connectivity index (χ1n) is 10.1. The largest absolute Gasteiger partial charge is 0.331 e. The topological polar surface area (TPSA) is 82.3 Å². The van der Waals surface area contributed by atoms with E-state index in [4.69, 9.17) is 0 Å². The molecule has 1 saturated carbocycles. The fourth-order valence-electron chi connectivity index (χ4n) is 5.45. The Morgan fingerprint density at radius 1 is 0.700 bits per heavy atom. The minimum atomic E-state index is -0.774. The number of nitrogens with one attached hydrogen (secondary N) is 4. The fourth-order valence-corrected chi connectivity index (χ4v) is 6.17. The second kappa shape index (κ2) is 7.85. The van der Waals surface area contributed by atoms with Crippen molar-refractivity contribution in [2.45, 2.75) is 37.0 Å². The molecule has 1 aliphatic carbocycles. The van der Waals surface area contributed by atoms with Crippen LogP contribution in [0.1, 0.15) is 42.5 Å². The monoisotopic (exact) mass is 628 g/mol. The van der Waals surface area contributed by atoms with Gasteiger partial charge in [-0.2, -0.15) is 0 Å². The summed E-state index contributed by atoms with van der Waals surface area (Å²) in [4.78, 5) is 25.6. The van der Waals surface area contributed by atoms with Crippen LogP contribution in [-0.2, 0) is 0 Å². The van der Waals surface area contributed by atoms with Crippen molar-refractivity contribution in [3.8, 4) is 0 Å². The van der Waals surface area contributed by atoms with E-state index in [1.165, 1.54) is 0 Å². The summed E-state index contributed by atoms with van der Waals surface area (Å²) in [6.45, 7) is 0. The van der Waals surface area contributed by atoms with E-state index < -0.39 is 5.66 Å². The van der Waals surface area contributed by atoms with Gasteiger partial charge in [0.05, 0.1) is 12.1 Å². The maximum absolute atomic E-state index is 12.8. The SMILES string of the molecule is O=C1NC(c2ccc(I)cc2)C2CCCC3C(c4ccc(I)cc4)NC(=O)NC23N1. The van der Waals surface area contributed by atoms with Gasteiger partial charge in [0.15, 0.2) is 0 Å². The number of carbonyl (C=O) groups is 2. The van der Waals surface area contributed by atoms with Crippen LogP contribution in [0.15, 0.2) is 48.5 Å². The Labute approximate surface area is 202 Å². The molecule has 0 bridgehead atoms. The minimum Gasteiger partial charge on any atom is -0.331 e. The van der Waals surface area contributed by atoms with Crippen LogP contribution >= 0.6 is 45.2 Å². The lowest BCUT2D eigenvalue weighted by molar-refractivity contribution is -0.0123. The molecule has 2 aromatic rings. The minimum absolute atomic E-state index is 0.0615. The highest BCUT2D eigenvalue weighted by Crippen LogP contribution is 2.50. The first-order valence-corrected chi connectivity index (χ1v) is 12.3. The van der Waals surface area contributed by atoms with Gasteiger partial charge in [-0.25, -0.2) is 9.59 Å². The van der Waals surface area contributed by atoms with E-state index in [9.17, 15) is 9.59 Å². The summed E-state index contributed by atoms with van der Waals surface area (Å²) in [5.74, 6) is 0.123. The third kappa shape index (κ3) is 3.45. The molecule has 0 aromatic heterocycles. The lowest BCUT2D eigenvalue weighted by Crippen LogP contribution is -2.80. The van der Waals surface area contributed by atoms with Gasteiger partial charge in [0, 0.05) is 19.0 Å². The van der Waals surface area contributed by atoms with Crippen LogP contribution < -0.4 is 21.3 Å². The Morgan fingerprint density at radius 2 is 1.10 bits per heavy atom. The predicted molar refractivity (Wildman–Crippen MR) is 131 cm³/mol. The summed E-state index contributed by atoms with van der Waals surface area (Å²) in [6, 6.07) is 15.8. The molecule has 156 valence electrons. The molecule has 4 amide bonds. The number of halogens is 2. The van der Waals surface area contributed by atoms with Gasteiger partial charge in [0.1, 0.15) is 5.66 Å². The van der Waals surface area contributed by atoms with E-state index in [2.05, 4.69) is 115 Å². The summed E-state index contributed by atoms with van der Waals surface area (Å²) in [5.41, 5.74) is 1.38. The van der Waals surface area contributed by atoms with Gasteiger partial charge in [0.25, 0.3) is 0 Å². The highest BCUT2D eigenvalue weighted by atomic mass is 127. The number of hydrogen-bond donors (Lipinski definition) is 4. The molecule has 2 saturated heterocycles. The molecule has 8 heteroatoms. The number of rotatable bonds is 2. The quantitative estimate of drug-likeness (QED) is 0.372. The molecule has 6 nitrogen and oxygen atoms in total. The summed E-state index contributed by atoms with van der Waals surface area (Å²) < 4.78 is 2.31. The molecule has 4 unspecified atom stereocenters. The normalized spacial score (nSPS) is 32.6. The zero-order valence-corrected chi connectivity index (χ0v) is 20.4. The zero-order chi connectivity index (χ0) is 20.9. The van der Waals surface area contributed by atoms with Crippen LogP contribution in [0.2, 0.25) is 0 Å². The van der Waals surface area contributed by atoms with Crippen molar-refractivity contribution in [2.75, 3.05) is 0 Å². The van der Waals surface area contributed by atoms with E-state index in [1.54, 1.807) is 0 Å². The molecule has 5 rings (SSSR count). The molecule has 4 atom stereocenters. The Balaban J connectivity index is 1.57.